The average Bonchev–Trinajstić information content (AvgIpc) is 2.87. The lowest BCUT2D eigenvalue weighted by atomic mass is 9.92. The molecule has 4 heteroatoms. The zero-order valence-corrected chi connectivity index (χ0v) is 13.2. The van der Waals surface area contributed by atoms with Crippen molar-refractivity contribution >= 4 is 11.6 Å². The van der Waals surface area contributed by atoms with E-state index in [9.17, 15) is 0 Å². The summed E-state index contributed by atoms with van der Waals surface area (Å²) >= 11 is 6.43. The van der Waals surface area contributed by atoms with Crippen LogP contribution in [0.15, 0.2) is 18.2 Å². The number of rotatable bonds is 6. The van der Waals surface area contributed by atoms with Crippen molar-refractivity contribution < 1.29 is 9.47 Å². The molecule has 3 nitrogen and oxygen atoms in total. The molecule has 1 heterocycles. The first-order chi connectivity index (χ1) is 9.67. The van der Waals surface area contributed by atoms with Gasteiger partial charge in [0.15, 0.2) is 0 Å². The van der Waals surface area contributed by atoms with E-state index in [4.69, 9.17) is 21.1 Å². The number of nitrogens with one attached hydrogen (secondary N) is 1. The summed E-state index contributed by atoms with van der Waals surface area (Å²) in [5.74, 6) is 1.33. The molecule has 1 N–H and O–H groups in total. The molecule has 0 amide bonds. The van der Waals surface area contributed by atoms with Crippen LogP contribution in [0.2, 0.25) is 5.02 Å². The molecule has 20 heavy (non-hydrogen) atoms. The van der Waals surface area contributed by atoms with Gasteiger partial charge in [-0.05, 0) is 43.0 Å². The molecule has 1 aliphatic rings. The molecule has 1 aliphatic heterocycles. The summed E-state index contributed by atoms with van der Waals surface area (Å²) in [6, 6.07) is 6.02. The predicted octanol–water partition coefficient (Wildman–Crippen LogP) is 3.81. The zero-order valence-electron chi connectivity index (χ0n) is 12.5. The number of hydrogen-bond acceptors (Lipinski definition) is 3. The number of methoxy groups -OCH3 is 1. The minimum atomic E-state index is 0.144. The Labute approximate surface area is 126 Å². The van der Waals surface area contributed by atoms with Gasteiger partial charge in [0.1, 0.15) is 5.75 Å². The number of ether oxygens (including phenoxy) is 2. The molecular formula is C16H24ClNO2. The minimum Gasteiger partial charge on any atom is -0.497 e. The monoisotopic (exact) mass is 297 g/mol. The highest BCUT2D eigenvalue weighted by Crippen LogP contribution is 2.35. The van der Waals surface area contributed by atoms with Crippen LogP contribution in [0.25, 0.3) is 0 Å². The Morgan fingerprint density at radius 3 is 2.85 bits per heavy atom. The maximum absolute atomic E-state index is 6.43. The third-order valence-electron chi connectivity index (χ3n) is 3.93. The first kappa shape index (κ1) is 15.6. The first-order valence-corrected chi connectivity index (χ1v) is 7.73. The summed E-state index contributed by atoms with van der Waals surface area (Å²) in [6.07, 6.45) is 2.39. The summed E-state index contributed by atoms with van der Waals surface area (Å²) in [4.78, 5) is 0. The van der Waals surface area contributed by atoms with Crippen LogP contribution >= 0.6 is 11.6 Å². The van der Waals surface area contributed by atoms with Crippen LogP contribution in [0.4, 0.5) is 0 Å². The third-order valence-corrected chi connectivity index (χ3v) is 4.26. The summed E-state index contributed by atoms with van der Waals surface area (Å²) in [7, 11) is 1.65. The molecule has 0 aromatic heterocycles. The van der Waals surface area contributed by atoms with Crippen molar-refractivity contribution in [3.05, 3.63) is 28.8 Å². The second-order valence-electron chi connectivity index (χ2n) is 5.42. The van der Waals surface area contributed by atoms with Gasteiger partial charge in [-0.15, -0.1) is 0 Å². The lowest BCUT2D eigenvalue weighted by Gasteiger charge is -2.28. The molecule has 1 aromatic carbocycles. The van der Waals surface area contributed by atoms with Gasteiger partial charge in [0.05, 0.1) is 19.3 Å². The van der Waals surface area contributed by atoms with E-state index in [2.05, 4.69) is 19.2 Å². The quantitative estimate of drug-likeness (QED) is 0.866. The van der Waals surface area contributed by atoms with Gasteiger partial charge in [-0.1, -0.05) is 31.5 Å². The van der Waals surface area contributed by atoms with E-state index in [1.165, 1.54) is 0 Å². The average molecular weight is 298 g/mol. The van der Waals surface area contributed by atoms with Gasteiger partial charge in [0, 0.05) is 11.6 Å². The molecular weight excluding hydrogens is 274 g/mol. The van der Waals surface area contributed by atoms with E-state index < -0.39 is 0 Å². The van der Waals surface area contributed by atoms with Crippen molar-refractivity contribution in [2.75, 3.05) is 20.3 Å². The van der Waals surface area contributed by atoms with Crippen molar-refractivity contribution in [3.8, 4) is 5.75 Å². The Morgan fingerprint density at radius 1 is 1.50 bits per heavy atom. The Hall–Kier alpha value is -0.770. The van der Waals surface area contributed by atoms with Crippen molar-refractivity contribution in [1.29, 1.82) is 0 Å². The second-order valence-corrected chi connectivity index (χ2v) is 5.83. The summed E-state index contributed by atoms with van der Waals surface area (Å²) < 4.78 is 11.2. The summed E-state index contributed by atoms with van der Waals surface area (Å²) in [5, 5.41) is 4.32. The van der Waals surface area contributed by atoms with Crippen molar-refractivity contribution in [2.45, 2.75) is 38.8 Å². The van der Waals surface area contributed by atoms with Crippen LogP contribution in [0.1, 0.15) is 38.3 Å². The van der Waals surface area contributed by atoms with E-state index in [-0.39, 0.29) is 12.1 Å². The standard InChI is InChI=1S/C16H24ClNO2/c1-4-8-18-15(16-11(2)7-9-20-16)13-6-5-12(19-3)10-14(13)17/h5-6,10-11,15-16,18H,4,7-9H2,1-3H3. The topological polar surface area (TPSA) is 30.5 Å². The molecule has 3 unspecified atom stereocenters. The third kappa shape index (κ3) is 3.46. The molecule has 1 fully saturated rings. The van der Waals surface area contributed by atoms with Crippen LogP contribution in [-0.2, 0) is 4.74 Å². The van der Waals surface area contributed by atoms with Gasteiger partial charge in [-0.2, -0.15) is 0 Å². The van der Waals surface area contributed by atoms with Gasteiger partial charge in [-0.3, -0.25) is 0 Å². The fraction of sp³-hybridized carbons (Fsp3) is 0.625. The van der Waals surface area contributed by atoms with Crippen molar-refractivity contribution in [1.82, 2.24) is 5.32 Å². The van der Waals surface area contributed by atoms with Crippen molar-refractivity contribution in [3.63, 3.8) is 0 Å². The van der Waals surface area contributed by atoms with Gasteiger partial charge in [0.25, 0.3) is 0 Å². The SMILES string of the molecule is CCCNC(c1ccc(OC)cc1Cl)C1OCCC1C. The highest BCUT2D eigenvalue weighted by molar-refractivity contribution is 6.31. The van der Waals surface area contributed by atoms with E-state index in [0.29, 0.717) is 5.92 Å². The Morgan fingerprint density at radius 2 is 2.30 bits per heavy atom. The Kier molecular flexibility index (Phi) is 5.70. The molecule has 1 aromatic rings. The molecule has 3 atom stereocenters. The number of halogens is 1. The normalized spacial score (nSPS) is 23.8. The molecule has 1 saturated heterocycles. The van der Waals surface area contributed by atoms with E-state index in [1.807, 2.05) is 18.2 Å². The fourth-order valence-corrected chi connectivity index (χ4v) is 3.02. The summed E-state index contributed by atoms with van der Waals surface area (Å²) in [5.41, 5.74) is 1.10. The van der Waals surface area contributed by atoms with Crippen LogP contribution in [0.3, 0.4) is 0 Å². The van der Waals surface area contributed by atoms with E-state index in [1.54, 1.807) is 7.11 Å². The first-order valence-electron chi connectivity index (χ1n) is 7.35. The maximum atomic E-state index is 6.43. The number of benzene rings is 1. The molecule has 112 valence electrons. The minimum absolute atomic E-state index is 0.144. The molecule has 0 bridgehead atoms. The maximum Gasteiger partial charge on any atom is 0.120 e. The smallest absolute Gasteiger partial charge is 0.120 e. The predicted molar refractivity (Wildman–Crippen MR) is 82.6 cm³/mol. The molecule has 0 radical (unpaired) electrons. The van der Waals surface area contributed by atoms with Crippen LogP contribution in [0, 0.1) is 5.92 Å². The second kappa shape index (κ2) is 7.30. The van der Waals surface area contributed by atoms with Crippen molar-refractivity contribution in [2.24, 2.45) is 5.92 Å². The Balaban J connectivity index is 2.25. The van der Waals surface area contributed by atoms with Gasteiger partial charge in [0.2, 0.25) is 0 Å². The van der Waals surface area contributed by atoms with Crippen LogP contribution < -0.4 is 10.1 Å². The summed E-state index contributed by atoms with van der Waals surface area (Å²) in [6.45, 7) is 6.21. The van der Waals surface area contributed by atoms with Crippen LogP contribution in [-0.4, -0.2) is 26.4 Å². The van der Waals surface area contributed by atoms with E-state index in [0.717, 1.165) is 42.3 Å². The zero-order chi connectivity index (χ0) is 14.5. The largest absolute Gasteiger partial charge is 0.497 e. The Bertz CT molecular complexity index is 438. The van der Waals surface area contributed by atoms with Gasteiger partial charge < -0.3 is 14.8 Å². The highest BCUT2D eigenvalue weighted by Gasteiger charge is 2.33. The highest BCUT2D eigenvalue weighted by atomic mass is 35.5. The molecule has 0 saturated carbocycles. The van der Waals surface area contributed by atoms with Crippen LogP contribution in [0.5, 0.6) is 5.75 Å². The molecule has 0 aliphatic carbocycles. The molecule has 0 spiro atoms. The number of hydrogen-bond donors (Lipinski definition) is 1. The molecule has 2 rings (SSSR count). The lowest BCUT2D eigenvalue weighted by molar-refractivity contribution is 0.0607. The van der Waals surface area contributed by atoms with E-state index >= 15 is 0 Å². The van der Waals surface area contributed by atoms with Gasteiger partial charge >= 0.3 is 0 Å². The lowest BCUT2D eigenvalue weighted by Crippen LogP contribution is -2.35. The van der Waals surface area contributed by atoms with Gasteiger partial charge in [-0.25, -0.2) is 0 Å². The fourth-order valence-electron chi connectivity index (χ4n) is 2.73.